The van der Waals surface area contributed by atoms with Gasteiger partial charge < -0.3 is 4.74 Å². The number of hydrogen-bond acceptors (Lipinski definition) is 7. The minimum Gasteiger partial charge on any atom is -0.464 e. The second kappa shape index (κ2) is 8.93. The van der Waals surface area contributed by atoms with Crippen molar-refractivity contribution in [2.24, 2.45) is 0 Å². The molecule has 0 aliphatic heterocycles. The highest BCUT2D eigenvalue weighted by atomic mass is 32.2. The number of nitrogens with zero attached hydrogens (tertiary/aromatic N) is 1. The van der Waals surface area contributed by atoms with E-state index in [4.69, 9.17) is 4.74 Å². The van der Waals surface area contributed by atoms with Crippen LogP contribution in [0, 0.1) is 10.1 Å². The zero-order valence-corrected chi connectivity index (χ0v) is 16.6. The summed E-state index contributed by atoms with van der Waals surface area (Å²) < 4.78 is 32.9. The molecular formula is C19H20N2O7S. The molecule has 0 fully saturated rings. The molecule has 0 saturated carbocycles. The lowest BCUT2D eigenvalue weighted by Crippen LogP contribution is -2.61. The van der Waals surface area contributed by atoms with Crippen LogP contribution in [0.3, 0.4) is 0 Å². The third-order valence-electron chi connectivity index (χ3n) is 4.20. The largest absolute Gasteiger partial charge is 0.464 e. The summed E-state index contributed by atoms with van der Waals surface area (Å²) in [4.78, 5) is 35.4. The third-order valence-corrected chi connectivity index (χ3v) is 5.71. The molecule has 10 heteroatoms. The van der Waals surface area contributed by atoms with Gasteiger partial charge in [-0.25, -0.2) is 13.2 Å². The number of ether oxygens (including phenoxy) is 1. The third kappa shape index (κ3) is 5.04. The lowest BCUT2D eigenvalue weighted by Gasteiger charge is -2.29. The maximum atomic E-state index is 12.8. The number of esters is 1. The number of nitro benzene ring substituents is 1. The van der Waals surface area contributed by atoms with Crippen molar-refractivity contribution in [3.63, 3.8) is 0 Å². The molecule has 2 rings (SSSR count). The summed E-state index contributed by atoms with van der Waals surface area (Å²) in [6.07, 6.45) is -0.370. The first-order valence-electron chi connectivity index (χ1n) is 8.63. The summed E-state index contributed by atoms with van der Waals surface area (Å²) in [5, 5.41) is 10.8. The molecule has 1 N–H and O–H groups in total. The van der Waals surface area contributed by atoms with Crippen LogP contribution in [0.15, 0.2) is 59.5 Å². The van der Waals surface area contributed by atoms with Gasteiger partial charge in [-0.3, -0.25) is 14.9 Å². The number of Topliss-reactive ketones (excluding diaryl/α,β-unsaturated/α-hetero) is 1. The van der Waals surface area contributed by atoms with Crippen LogP contribution in [-0.2, 0) is 30.8 Å². The predicted molar refractivity (Wildman–Crippen MR) is 104 cm³/mol. The summed E-state index contributed by atoms with van der Waals surface area (Å²) >= 11 is 0. The average Bonchev–Trinajstić information content (AvgIpc) is 2.68. The lowest BCUT2D eigenvalue weighted by atomic mass is 9.88. The van der Waals surface area contributed by atoms with Gasteiger partial charge in [-0.1, -0.05) is 30.3 Å². The zero-order chi connectivity index (χ0) is 21.7. The van der Waals surface area contributed by atoms with Crippen molar-refractivity contribution in [2.75, 3.05) is 6.61 Å². The maximum absolute atomic E-state index is 12.8. The van der Waals surface area contributed by atoms with Crippen molar-refractivity contribution in [3.8, 4) is 0 Å². The van der Waals surface area contributed by atoms with Gasteiger partial charge in [0.1, 0.15) is 0 Å². The maximum Gasteiger partial charge on any atom is 0.335 e. The van der Waals surface area contributed by atoms with Gasteiger partial charge in [0.15, 0.2) is 11.3 Å². The quantitative estimate of drug-likeness (QED) is 0.284. The topological polar surface area (TPSA) is 133 Å². The molecule has 0 aromatic heterocycles. The van der Waals surface area contributed by atoms with E-state index in [-0.39, 0.29) is 23.6 Å². The second-order valence-electron chi connectivity index (χ2n) is 6.20. The molecule has 29 heavy (non-hydrogen) atoms. The number of sulfonamides is 1. The van der Waals surface area contributed by atoms with Gasteiger partial charge in [-0.05, 0) is 31.5 Å². The molecule has 0 bridgehead atoms. The first-order chi connectivity index (χ1) is 13.6. The van der Waals surface area contributed by atoms with Crippen LogP contribution in [-0.4, -0.2) is 37.2 Å². The Morgan fingerprint density at radius 3 is 2.17 bits per heavy atom. The van der Waals surface area contributed by atoms with E-state index in [2.05, 4.69) is 4.72 Å². The molecule has 154 valence electrons. The number of nitrogens with one attached hydrogen (secondary N) is 1. The number of carbonyl (C=O) groups is 2. The minimum atomic E-state index is -4.25. The molecule has 2 aromatic rings. The van der Waals surface area contributed by atoms with Gasteiger partial charge in [-0.15, -0.1) is 0 Å². The monoisotopic (exact) mass is 420 g/mol. The Bertz CT molecular complexity index is 1000. The lowest BCUT2D eigenvalue weighted by molar-refractivity contribution is -0.384. The predicted octanol–water partition coefficient (Wildman–Crippen LogP) is 2.01. The molecule has 0 spiro atoms. The van der Waals surface area contributed by atoms with E-state index < -0.39 is 32.2 Å². The van der Waals surface area contributed by atoms with E-state index in [0.29, 0.717) is 5.56 Å². The number of rotatable bonds is 9. The van der Waals surface area contributed by atoms with Crippen LogP contribution >= 0.6 is 0 Å². The number of ketones is 1. The Morgan fingerprint density at radius 2 is 1.69 bits per heavy atom. The van der Waals surface area contributed by atoms with Gasteiger partial charge in [0, 0.05) is 18.6 Å². The van der Waals surface area contributed by atoms with Crippen LogP contribution < -0.4 is 4.72 Å². The van der Waals surface area contributed by atoms with Crippen molar-refractivity contribution >= 4 is 27.5 Å². The minimum absolute atomic E-state index is 0.0683. The molecule has 0 amide bonds. The number of benzene rings is 2. The van der Waals surface area contributed by atoms with E-state index in [1.807, 2.05) is 0 Å². The van der Waals surface area contributed by atoms with Crippen molar-refractivity contribution < 1.29 is 27.7 Å². The van der Waals surface area contributed by atoms with Crippen molar-refractivity contribution in [1.82, 2.24) is 4.72 Å². The van der Waals surface area contributed by atoms with Gasteiger partial charge in [0.05, 0.1) is 16.4 Å². The first-order valence-corrected chi connectivity index (χ1v) is 10.1. The fraction of sp³-hybridized carbons (Fsp3) is 0.263. The van der Waals surface area contributed by atoms with E-state index in [1.165, 1.54) is 55.5 Å². The van der Waals surface area contributed by atoms with E-state index in [0.717, 1.165) is 6.92 Å². The van der Waals surface area contributed by atoms with Crippen molar-refractivity contribution in [2.45, 2.75) is 30.7 Å². The Kier molecular flexibility index (Phi) is 6.83. The van der Waals surface area contributed by atoms with Gasteiger partial charge in [0.25, 0.3) is 5.69 Å². The average molecular weight is 420 g/mol. The summed E-state index contributed by atoms with van der Waals surface area (Å²) in [5.41, 5.74) is -2.06. The molecule has 9 nitrogen and oxygen atoms in total. The molecule has 1 unspecified atom stereocenters. The molecule has 0 heterocycles. The number of nitro groups is 1. The molecule has 0 aliphatic carbocycles. The molecule has 0 aliphatic rings. The van der Waals surface area contributed by atoms with Gasteiger partial charge in [-0.2, -0.15) is 4.72 Å². The highest BCUT2D eigenvalue weighted by Crippen LogP contribution is 2.23. The SMILES string of the molecule is CCOC(=O)C(Cc1ccc([N+](=O)[O-])cc1)(NS(=O)(=O)c1ccccc1)C(C)=O. The Labute approximate surface area is 167 Å². The Hall–Kier alpha value is -3.11. The number of hydrogen-bond donors (Lipinski definition) is 1. The number of non-ortho nitro benzene ring substituents is 1. The molecular weight excluding hydrogens is 400 g/mol. The molecule has 0 radical (unpaired) electrons. The van der Waals surface area contributed by atoms with E-state index in [9.17, 15) is 28.1 Å². The van der Waals surface area contributed by atoms with Gasteiger partial charge >= 0.3 is 5.97 Å². The summed E-state index contributed by atoms with van der Waals surface area (Å²) in [5.74, 6) is -1.82. The number of carbonyl (C=O) groups excluding carboxylic acids is 2. The molecule has 0 saturated heterocycles. The standard InChI is InChI=1S/C19H20N2O7S/c1-3-28-18(23)19(14(2)22,13-15-9-11-16(12-10-15)21(24)25)20-29(26,27)17-7-5-4-6-8-17/h4-12,20H,3,13H2,1-2H3. The van der Waals surface area contributed by atoms with E-state index in [1.54, 1.807) is 6.07 Å². The van der Waals surface area contributed by atoms with Gasteiger partial charge in [0.2, 0.25) is 10.0 Å². The highest BCUT2D eigenvalue weighted by Gasteiger charge is 2.48. The summed E-state index contributed by atoms with van der Waals surface area (Å²) in [6, 6.07) is 12.4. The molecule has 2 aromatic carbocycles. The van der Waals surface area contributed by atoms with E-state index >= 15 is 0 Å². The summed E-state index contributed by atoms with van der Waals surface area (Å²) in [7, 11) is -4.25. The van der Waals surface area contributed by atoms with Crippen LogP contribution in [0.5, 0.6) is 0 Å². The van der Waals surface area contributed by atoms with Crippen molar-refractivity contribution in [3.05, 3.63) is 70.3 Å². The Balaban J connectivity index is 2.51. The van der Waals surface area contributed by atoms with Crippen LogP contribution in [0.4, 0.5) is 5.69 Å². The highest BCUT2D eigenvalue weighted by molar-refractivity contribution is 7.89. The van der Waals surface area contributed by atoms with Crippen LogP contribution in [0.2, 0.25) is 0 Å². The normalized spacial score (nSPS) is 13.3. The first kappa shape index (κ1) is 22.2. The smallest absolute Gasteiger partial charge is 0.335 e. The fourth-order valence-electron chi connectivity index (χ4n) is 2.67. The van der Waals surface area contributed by atoms with Crippen LogP contribution in [0.1, 0.15) is 19.4 Å². The fourth-order valence-corrected chi connectivity index (χ4v) is 4.07. The second-order valence-corrected chi connectivity index (χ2v) is 7.88. The Morgan fingerprint density at radius 1 is 1.10 bits per heavy atom. The molecule has 1 atom stereocenters. The zero-order valence-electron chi connectivity index (χ0n) is 15.8. The van der Waals surface area contributed by atoms with Crippen molar-refractivity contribution in [1.29, 1.82) is 0 Å². The van der Waals surface area contributed by atoms with Crippen LogP contribution in [0.25, 0.3) is 0 Å². The summed E-state index contributed by atoms with van der Waals surface area (Å²) in [6.45, 7) is 2.54.